The van der Waals surface area contributed by atoms with Gasteiger partial charge in [0.15, 0.2) is 17.4 Å². The number of hydrogen-bond acceptors (Lipinski definition) is 4. The first-order valence-corrected chi connectivity index (χ1v) is 12.3. The van der Waals surface area contributed by atoms with Crippen molar-refractivity contribution in [1.29, 1.82) is 0 Å². The highest BCUT2D eigenvalue weighted by atomic mass is 19.2. The lowest BCUT2D eigenvalue weighted by Crippen LogP contribution is -2.08. The van der Waals surface area contributed by atoms with Crippen LogP contribution in [-0.4, -0.2) is 29.3 Å². The van der Waals surface area contributed by atoms with Crippen LogP contribution in [0.15, 0.2) is 55.3 Å². The van der Waals surface area contributed by atoms with Crippen LogP contribution in [0.4, 0.5) is 8.78 Å². The summed E-state index contributed by atoms with van der Waals surface area (Å²) >= 11 is 0. The lowest BCUT2D eigenvalue weighted by molar-refractivity contribution is 0.0566. The number of fused-ring (bicyclic) bond motifs is 1. The van der Waals surface area contributed by atoms with Gasteiger partial charge in [0.25, 0.3) is 0 Å². The van der Waals surface area contributed by atoms with Gasteiger partial charge in [0, 0.05) is 23.8 Å². The van der Waals surface area contributed by atoms with Crippen LogP contribution in [0.25, 0.3) is 28.1 Å². The van der Waals surface area contributed by atoms with Crippen molar-refractivity contribution in [3.63, 3.8) is 0 Å². The highest BCUT2D eigenvalue weighted by molar-refractivity contribution is 5.84. The van der Waals surface area contributed by atoms with Crippen LogP contribution < -0.4 is 4.74 Å². The van der Waals surface area contributed by atoms with Gasteiger partial charge in [0.1, 0.15) is 6.61 Å². The lowest BCUT2D eigenvalue weighted by atomic mass is 10.0. The molecule has 0 bridgehead atoms. The average molecular weight is 481 g/mol. The molecule has 3 aromatic rings. The van der Waals surface area contributed by atoms with Crippen LogP contribution in [0.1, 0.15) is 58.2 Å². The van der Waals surface area contributed by atoms with Gasteiger partial charge in [-0.1, -0.05) is 44.6 Å². The Balaban J connectivity index is 1.59. The molecule has 0 radical (unpaired) electrons. The third-order valence-corrected chi connectivity index (χ3v) is 5.71. The van der Waals surface area contributed by atoms with E-state index in [1.807, 2.05) is 6.08 Å². The zero-order chi connectivity index (χ0) is 25.0. The van der Waals surface area contributed by atoms with E-state index in [9.17, 15) is 8.78 Å². The predicted octanol–water partition coefficient (Wildman–Crippen LogP) is 7.92. The summed E-state index contributed by atoms with van der Waals surface area (Å²) in [6, 6.07) is 8.21. The third-order valence-electron chi connectivity index (χ3n) is 5.71. The summed E-state index contributed by atoms with van der Waals surface area (Å²) in [5.74, 6) is -1.48. The third kappa shape index (κ3) is 7.69. The molecule has 1 heterocycles. The maximum atomic E-state index is 14.7. The minimum absolute atomic E-state index is 0.104. The fourth-order valence-electron chi connectivity index (χ4n) is 3.74. The molecule has 35 heavy (non-hydrogen) atoms. The minimum atomic E-state index is -1.02. The van der Waals surface area contributed by atoms with E-state index in [0.717, 1.165) is 43.2 Å². The van der Waals surface area contributed by atoms with Crippen LogP contribution in [0.2, 0.25) is 0 Å². The number of benzene rings is 2. The van der Waals surface area contributed by atoms with Gasteiger partial charge in [0.05, 0.1) is 11.6 Å². The predicted molar refractivity (Wildman–Crippen MR) is 138 cm³/mol. The molecule has 0 fully saturated rings. The SMILES string of the molecule is C=CCOc1ccc(-c2ccc3nc(C=CCCCC(C)OCCCCC)ncc3c2)c(F)c1F. The van der Waals surface area contributed by atoms with Crippen LogP contribution >= 0.6 is 0 Å². The highest BCUT2D eigenvalue weighted by Gasteiger charge is 2.16. The van der Waals surface area contributed by atoms with Crippen LogP contribution in [0.3, 0.4) is 0 Å². The van der Waals surface area contributed by atoms with E-state index in [1.54, 1.807) is 24.4 Å². The molecule has 0 spiro atoms. The first kappa shape index (κ1) is 26.5. The topological polar surface area (TPSA) is 44.2 Å². The summed E-state index contributed by atoms with van der Waals surface area (Å²) in [5.41, 5.74) is 1.44. The molecule has 0 aliphatic carbocycles. The Morgan fingerprint density at radius 3 is 2.74 bits per heavy atom. The normalized spacial score (nSPS) is 12.3. The number of unbranched alkanes of at least 4 members (excludes halogenated alkanes) is 3. The van der Waals surface area contributed by atoms with Crippen molar-refractivity contribution in [2.45, 2.75) is 58.5 Å². The van der Waals surface area contributed by atoms with Crippen molar-refractivity contribution in [2.24, 2.45) is 0 Å². The maximum absolute atomic E-state index is 14.7. The van der Waals surface area contributed by atoms with E-state index >= 15 is 0 Å². The summed E-state index contributed by atoms with van der Waals surface area (Å²) in [6.07, 6.45) is 14.0. The molecular formula is C29H34F2N2O2. The second kappa shape index (κ2) is 13.7. The maximum Gasteiger partial charge on any atom is 0.201 e. The van der Waals surface area contributed by atoms with Gasteiger partial charge in [0.2, 0.25) is 5.82 Å². The summed E-state index contributed by atoms with van der Waals surface area (Å²) < 4.78 is 40.0. The van der Waals surface area contributed by atoms with E-state index in [1.165, 1.54) is 31.1 Å². The Morgan fingerprint density at radius 2 is 1.94 bits per heavy atom. The van der Waals surface area contributed by atoms with E-state index in [4.69, 9.17) is 9.47 Å². The van der Waals surface area contributed by atoms with Crippen molar-refractivity contribution < 1.29 is 18.3 Å². The number of halogens is 2. The van der Waals surface area contributed by atoms with Crippen molar-refractivity contribution >= 4 is 17.0 Å². The number of allylic oxidation sites excluding steroid dienone is 1. The van der Waals surface area contributed by atoms with Gasteiger partial charge >= 0.3 is 0 Å². The average Bonchev–Trinajstić information content (AvgIpc) is 2.87. The zero-order valence-corrected chi connectivity index (χ0v) is 20.6. The molecule has 4 nitrogen and oxygen atoms in total. The van der Waals surface area contributed by atoms with Crippen molar-refractivity contribution in [2.75, 3.05) is 13.2 Å². The Kier molecular flexibility index (Phi) is 10.4. The fourth-order valence-corrected chi connectivity index (χ4v) is 3.74. The molecular weight excluding hydrogens is 446 g/mol. The van der Waals surface area contributed by atoms with Crippen LogP contribution in [0.5, 0.6) is 5.75 Å². The van der Waals surface area contributed by atoms with Gasteiger partial charge in [-0.2, -0.15) is 4.39 Å². The van der Waals surface area contributed by atoms with Gasteiger partial charge in [-0.25, -0.2) is 14.4 Å². The first-order chi connectivity index (χ1) is 17.0. The first-order valence-electron chi connectivity index (χ1n) is 12.3. The molecule has 0 aliphatic heterocycles. The summed E-state index contributed by atoms with van der Waals surface area (Å²) in [5, 5.41) is 0.750. The Bertz CT molecular complexity index is 1150. The standard InChI is InChI=1S/C29H34F2N2O2/c1-4-6-10-18-34-21(3)11-8-7-9-12-27-32-20-23-19-22(13-15-25(23)33-27)24-14-16-26(35-17-5-2)29(31)28(24)30/h5,9,12-16,19-21H,2,4,6-8,10-11,17-18H2,1,3H3. The van der Waals surface area contributed by atoms with Crippen LogP contribution in [0, 0.1) is 11.6 Å². The molecule has 186 valence electrons. The van der Waals surface area contributed by atoms with Gasteiger partial charge in [-0.3, -0.25) is 0 Å². The van der Waals surface area contributed by atoms with Crippen molar-refractivity contribution in [1.82, 2.24) is 9.97 Å². The second-order valence-corrected chi connectivity index (χ2v) is 8.56. The Hall–Kier alpha value is -3.12. The number of rotatable bonds is 14. The minimum Gasteiger partial charge on any atom is -0.486 e. The highest BCUT2D eigenvalue weighted by Crippen LogP contribution is 2.31. The molecule has 0 saturated heterocycles. The smallest absolute Gasteiger partial charge is 0.201 e. The fraction of sp³-hybridized carbons (Fsp3) is 0.379. The van der Waals surface area contributed by atoms with E-state index in [0.29, 0.717) is 11.4 Å². The van der Waals surface area contributed by atoms with Crippen molar-refractivity contribution in [3.05, 3.63) is 72.7 Å². The lowest BCUT2D eigenvalue weighted by Gasteiger charge is -2.11. The Morgan fingerprint density at radius 1 is 1.09 bits per heavy atom. The molecule has 0 amide bonds. The summed E-state index contributed by atoms with van der Waals surface area (Å²) in [7, 11) is 0. The number of ether oxygens (including phenoxy) is 2. The zero-order valence-electron chi connectivity index (χ0n) is 20.6. The molecule has 3 rings (SSSR count). The summed E-state index contributed by atoms with van der Waals surface area (Å²) in [4.78, 5) is 8.97. The number of nitrogens with zero attached hydrogens (tertiary/aromatic N) is 2. The van der Waals surface area contributed by atoms with Gasteiger partial charge in [-0.05, 0) is 68.5 Å². The van der Waals surface area contributed by atoms with E-state index < -0.39 is 11.6 Å². The molecule has 1 unspecified atom stereocenters. The second-order valence-electron chi connectivity index (χ2n) is 8.56. The molecule has 1 aromatic heterocycles. The largest absolute Gasteiger partial charge is 0.486 e. The summed E-state index contributed by atoms with van der Waals surface area (Å²) in [6.45, 7) is 8.77. The molecule has 2 aromatic carbocycles. The monoisotopic (exact) mass is 480 g/mol. The molecule has 0 saturated carbocycles. The van der Waals surface area contributed by atoms with Gasteiger partial charge < -0.3 is 9.47 Å². The van der Waals surface area contributed by atoms with E-state index in [2.05, 4.69) is 36.5 Å². The van der Waals surface area contributed by atoms with Gasteiger partial charge in [-0.15, -0.1) is 0 Å². The quantitative estimate of drug-likeness (QED) is 0.174. The molecule has 1 atom stereocenters. The molecule has 0 aliphatic rings. The number of aromatic nitrogens is 2. The van der Waals surface area contributed by atoms with Crippen molar-refractivity contribution in [3.8, 4) is 16.9 Å². The number of hydrogen-bond donors (Lipinski definition) is 0. The van der Waals surface area contributed by atoms with Crippen LogP contribution in [-0.2, 0) is 4.74 Å². The van der Waals surface area contributed by atoms with E-state index in [-0.39, 0.29) is 24.0 Å². The molecule has 6 heteroatoms. The molecule has 0 N–H and O–H groups in total. The Labute approximate surface area is 206 Å².